The molecule has 2 aliphatic carbocycles. The van der Waals surface area contributed by atoms with Gasteiger partial charge in [-0.05, 0) is 69.4 Å². The predicted molar refractivity (Wildman–Crippen MR) is 129 cm³/mol. The fourth-order valence-corrected chi connectivity index (χ4v) is 6.89. The molecule has 1 aliphatic heterocycles. The number of hydrogen-bond acceptors (Lipinski definition) is 6. The Morgan fingerprint density at radius 2 is 2.00 bits per heavy atom. The van der Waals surface area contributed by atoms with Crippen LogP contribution < -0.4 is 16.0 Å². The molecule has 3 aliphatic rings. The number of halogens is 1. The quantitative estimate of drug-likeness (QED) is 0.604. The minimum atomic E-state index is -0.213. The smallest absolute Gasteiger partial charge is 0.263 e. The zero-order valence-corrected chi connectivity index (χ0v) is 19.6. The molecular weight excluding hydrogens is 437 g/mol. The van der Waals surface area contributed by atoms with Crippen molar-refractivity contribution >= 4 is 39.0 Å². The number of anilines is 2. The number of nitrogens with two attached hydrogens (primary N) is 1. The number of pyridine rings is 2. The summed E-state index contributed by atoms with van der Waals surface area (Å²) in [6.45, 7) is 3.90. The highest BCUT2D eigenvalue weighted by atomic mass is 32.1. The van der Waals surface area contributed by atoms with Crippen molar-refractivity contribution in [3.05, 3.63) is 45.8 Å². The molecule has 1 saturated carbocycles. The Kier molecular flexibility index (Phi) is 5.01. The maximum atomic E-state index is 15.2. The van der Waals surface area contributed by atoms with Crippen molar-refractivity contribution in [2.24, 2.45) is 11.8 Å². The van der Waals surface area contributed by atoms with Crippen molar-refractivity contribution in [2.75, 3.05) is 23.7 Å². The van der Waals surface area contributed by atoms with E-state index in [1.165, 1.54) is 30.6 Å². The van der Waals surface area contributed by atoms with Gasteiger partial charge in [0.1, 0.15) is 21.3 Å². The van der Waals surface area contributed by atoms with Gasteiger partial charge in [0.2, 0.25) is 0 Å². The lowest BCUT2D eigenvalue weighted by atomic mass is 9.91. The Morgan fingerprint density at radius 3 is 2.79 bits per heavy atom. The molecule has 2 fully saturated rings. The third kappa shape index (κ3) is 3.74. The third-order valence-electron chi connectivity index (χ3n) is 7.53. The van der Waals surface area contributed by atoms with Crippen molar-refractivity contribution in [3.8, 4) is 0 Å². The van der Waals surface area contributed by atoms with Crippen LogP contribution in [0.25, 0.3) is 10.2 Å². The topological polar surface area (TPSA) is 84.1 Å². The van der Waals surface area contributed by atoms with Crippen LogP contribution in [0, 0.1) is 24.6 Å². The normalized spacial score (nSPS) is 24.2. The van der Waals surface area contributed by atoms with E-state index in [0.717, 1.165) is 58.8 Å². The standard InChI is InChI=1S/C25H28FN5OS/c1-13-2-6-17-22(27)23(33-25(17)28-13)24(32)29-16-5-7-20-18(9-16)19(26)10-21(30-20)31-11-14-3-4-15(8-14)12-31/h2,6,10,14-16H,3-5,7-9,11-12,27H2,1H3,(H,29,32)/t14?,15?,16-/m0/s1. The zero-order valence-electron chi connectivity index (χ0n) is 18.7. The molecule has 6 nitrogen and oxygen atoms in total. The SMILES string of the molecule is Cc1ccc2c(N)c(C(=O)N[C@H]3CCc4nc(N5CC6CCC(C6)C5)cc(F)c4C3)sc2n1. The third-order valence-corrected chi connectivity index (χ3v) is 8.64. The first-order valence-corrected chi connectivity index (χ1v) is 12.7. The first-order valence-electron chi connectivity index (χ1n) is 11.8. The van der Waals surface area contributed by atoms with E-state index in [-0.39, 0.29) is 17.8 Å². The Hall–Kier alpha value is -2.74. The molecule has 6 rings (SSSR count). The van der Waals surface area contributed by atoms with Crippen molar-refractivity contribution in [1.82, 2.24) is 15.3 Å². The molecule has 2 bridgehead atoms. The summed E-state index contributed by atoms with van der Waals surface area (Å²) >= 11 is 1.31. The van der Waals surface area contributed by atoms with Gasteiger partial charge in [-0.15, -0.1) is 11.3 Å². The van der Waals surface area contributed by atoms with Gasteiger partial charge in [-0.25, -0.2) is 14.4 Å². The summed E-state index contributed by atoms with van der Waals surface area (Å²) in [5.74, 6) is 1.82. The summed E-state index contributed by atoms with van der Waals surface area (Å²) in [6, 6.07) is 5.26. The van der Waals surface area contributed by atoms with Crippen molar-refractivity contribution in [1.29, 1.82) is 0 Å². The second-order valence-corrected chi connectivity index (χ2v) is 10.9. The fourth-order valence-electron chi connectivity index (χ4n) is 5.85. The highest BCUT2D eigenvalue weighted by Gasteiger charge is 2.34. The lowest BCUT2D eigenvalue weighted by molar-refractivity contribution is 0.0938. The lowest BCUT2D eigenvalue weighted by Gasteiger charge is -2.34. The Morgan fingerprint density at radius 1 is 1.21 bits per heavy atom. The molecule has 3 aromatic heterocycles. The number of rotatable bonds is 3. The van der Waals surface area contributed by atoms with E-state index in [4.69, 9.17) is 10.7 Å². The van der Waals surface area contributed by atoms with Gasteiger partial charge >= 0.3 is 0 Å². The van der Waals surface area contributed by atoms with Crippen LogP contribution in [0.2, 0.25) is 0 Å². The fraction of sp³-hybridized carbons (Fsp3) is 0.480. The largest absolute Gasteiger partial charge is 0.397 e. The number of nitrogen functional groups attached to an aromatic ring is 1. The number of thiophene rings is 1. The van der Waals surface area contributed by atoms with Crippen LogP contribution in [0.15, 0.2) is 18.2 Å². The number of fused-ring (bicyclic) bond motifs is 4. The number of aryl methyl sites for hydroxylation is 2. The lowest BCUT2D eigenvalue weighted by Crippen LogP contribution is -2.40. The number of aromatic nitrogens is 2. The van der Waals surface area contributed by atoms with Gasteiger partial charge in [-0.3, -0.25) is 4.79 Å². The summed E-state index contributed by atoms with van der Waals surface area (Å²) < 4.78 is 15.2. The van der Waals surface area contributed by atoms with Crippen LogP contribution in [-0.2, 0) is 12.8 Å². The maximum absolute atomic E-state index is 15.2. The predicted octanol–water partition coefficient (Wildman–Crippen LogP) is 4.24. The molecule has 1 amide bonds. The van der Waals surface area contributed by atoms with Crippen LogP contribution in [0.1, 0.15) is 52.3 Å². The monoisotopic (exact) mass is 465 g/mol. The molecule has 2 unspecified atom stereocenters. The van der Waals surface area contributed by atoms with E-state index in [0.29, 0.717) is 29.0 Å². The second kappa shape index (κ2) is 7.94. The highest BCUT2D eigenvalue weighted by molar-refractivity contribution is 7.21. The summed E-state index contributed by atoms with van der Waals surface area (Å²) in [5, 5.41) is 3.88. The van der Waals surface area contributed by atoms with Crippen LogP contribution in [0.5, 0.6) is 0 Å². The van der Waals surface area contributed by atoms with E-state index in [2.05, 4.69) is 15.2 Å². The Balaban J connectivity index is 1.19. The van der Waals surface area contributed by atoms with Crippen molar-refractivity contribution in [2.45, 2.75) is 51.5 Å². The number of hydrogen-bond donors (Lipinski definition) is 2. The molecule has 0 spiro atoms. The highest BCUT2D eigenvalue weighted by Crippen LogP contribution is 2.38. The number of piperidine rings is 1. The first-order chi connectivity index (χ1) is 15.9. The molecule has 0 aromatic carbocycles. The number of amides is 1. The minimum absolute atomic E-state index is 0.141. The summed E-state index contributed by atoms with van der Waals surface area (Å²) in [5.41, 5.74) is 9.07. The summed E-state index contributed by atoms with van der Waals surface area (Å²) in [6.07, 6.45) is 5.74. The first kappa shape index (κ1) is 20.8. The number of nitrogens with one attached hydrogen (secondary N) is 1. The molecule has 33 heavy (non-hydrogen) atoms. The molecule has 0 radical (unpaired) electrons. The van der Waals surface area contributed by atoms with Crippen molar-refractivity contribution < 1.29 is 9.18 Å². The van der Waals surface area contributed by atoms with Crippen LogP contribution in [0.4, 0.5) is 15.9 Å². The average Bonchev–Trinajstić information content (AvgIpc) is 3.31. The summed E-state index contributed by atoms with van der Waals surface area (Å²) in [7, 11) is 0. The van der Waals surface area contributed by atoms with E-state index in [9.17, 15) is 4.79 Å². The number of carbonyl (C=O) groups is 1. The van der Waals surface area contributed by atoms with Gasteiger partial charge in [0, 0.05) is 47.5 Å². The Bertz CT molecular complexity index is 1250. The second-order valence-electron chi connectivity index (χ2n) is 9.90. The molecule has 4 heterocycles. The van der Waals surface area contributed by atoms with Gasteiger partial charge in [0.25, 0.3) is 5.91 Å². The number of nitrogens with zero attached hydrogens (tertiary/aromatic N) is 3. The molecular formula is C25H28FN5OS. The van der Waals surface area contributed by atoms with Gasteiger partial charge in [-0.1, -0.05) is 0 Å². The van der Waals surface area contributed by atoms with Gasteiger partial charge in [0.15, 0.2) is 0 Å². The van der Waals surface area contributed by atoms with Gasteiger partial charge in [0.05, 0.1) is 5.69 Å². The molecule has 1 saturated heterocycles. The molecule has 8 heteroatoms. The van der Waals surface area contributed by atoms with E-state index in [1.54, 1.807) is 6.07 Å². The maximum Gasteiger partial charge on any atom is 0.263 e. The van der Waals surface area contributed by atoms with Crippen LogP contribution >= 0.6 is 11.3 Å². The van der Waals surface area contributed by atoms with Crippen LogP contribution in [-0.4, -0.2) is 35.0 Å². The summed E-state index contributed by atoms with van der Waals surface area (Å²) in [4.78, 5) is 25.9. The van der Waals surface area contributed by atoms with Gasteiger partial charge in [-0.2, -0.15) is 0 Å². The molecule has 172 valence electrons. The minimum Gasteiger partial charge on any atom is -0.397 e. The Labute approximate surface area is 196 Å². The average molecular weight is 466 g/mol. The zero-order chi connectivity index (χ0) is 22.7. The van der Waals surface area contributed by atoms with Gasteiger partial charge < -0.3 is 16.0 Å². The van der Waals surface area contributed by atoms with Crippen LogP contribution in [0.3, 0.4) is 0 Å². The van der Waals surface area contributed by atoms with Crippen molar-refractivity contribution in [3.63, 3.8) is 0 Å². The van der Waals surface area contributed by atoms with E-state index >= 15 is 4.39 Å². The molecule has 3 atom stereocenters. The molecule has 3 N–H and O–H groups in total. The van der Waals surface area contributed by atoms with E-state index in [1.807, 2.05) is 19.1 Å². The van der Waals surface area contributed by atoms with E-state index < -0.39 is 0 Å². The number of carbonyl (C=O) groups excluding carboxylic acids is 1. The molecule has 3 aromatic rings.